The first-order valence-corrected chi connectivity index (χ1v) is 22.4. The lowest BCUT2D eigenvalue weighted by Crippen LogP contribution is -2.38. The molecule has 294 valence electrons. The van der Waals surface area contributed by atoms with Crippen LogP contribution in [0.25, 0.3) is 0 Å². The molecule has 0 bridgehead atoms. The lowest BCUT2D eigenvalue weighted by Gasteiger charge is -2.25. The topological polar surface area (TPSA) is 94.1 Å². The largest absolute Gasteiger partial charge is 0.472 e. The van der Waals surface area contributed by atoms with Gasteiger partial charge in [0.15, 0.2) is 0 Å². The summed E-state index contributed by atoms with van der Waals surface area (Å²) in [5.74, 6) is -0.0534. The van der Waals surface area contributed by atoms with Crippen LogP contribution >= 0.6 is 7.82 Å². The van der Waals surface area contributed by atoms with Crippen molar-refractivity contribution in [2.75, 3.05) is 54.1 Å². The summed E-state index contributed by atoms with van der Waals surface area (Å²) in [7, 11) is 1.70. The van der Waals surface area contributed by atoms with Crippen LogP contribution in [0.3, 0.4) is 0 Å². The first kappa shape index (κ1) is 48.5. The number of likely N-dealkylation sites (N-methyl/N-ethyl adjacent to an activating group) is 1. The lowest BCUT2D eigenvalue weighted by atomic mass is 10.0. The van der Waals surface area contributed by atoms with Gasteiger partial charge in [0.25, 0.3) is 0 Å². The fourth-order valence-electron chi connectivity index (χ4n) is 6.01. The highest BCUT2D eigenvalue weighted by atomic mass is 31.2. The quantitative estimate of drug-likeness (QED) is 0.0373. The van der Waals surface area contributed by atoms with Crippen molar-refractivity contribution >= 4 is 13.7 Å². The molecule has 0 heterocycles. The van der Waals surface area contributed by atoms with Crippen LogP contribution in [-0.4, -0.2) is 75.4 Å². The number of nitrogens with one attached hydrogen (secondary N) is 1. The second kappa shape index (κ2) is 34.6. The van der Waals surface area contributed by atoms with Gasteiger partial charge < -0.3 is 19.4 Å². The molecule has 9 heteroatoms. The first-order valence-electron chi connectivity index (χ1n) is 20.9. The zero-order valence-electron chi connectivity index (χ0n) is 33.3. The number of phosphoric ester groups is 1. The minimum absolute atomic E-state index is 0.0534. The van der Waals surface area contributed by atoms with E-state index in [0.717, 1.165) is 25.7 Å². The van der Waals surface area contributed by atoms with Gasteiger partial charge in [0, 0.05) is 19.6 Å². The van der Waals surface area contributed by atoms with E-state index in [1.165, 1.54) is 148 Å². The molecule has 0 aromatic rings. The van der Waals surface area contributed by atoms with Crippen molar-refractivity contribution in [1.29, 1.82) is 0 Å². The minimum Gasteiger partial charge on any atom is -0.379 e. The van der Waals surface area contributed by atoms with E-state index in [4.69, 9.17) is 13.8 Å². The number of ether oxygens (including phenoxy) is 1. The van der Waals surface area contributed by atoms with Gasteiger partial charge in [0.1, 0.15) is 19.3 Å². The van der Waals surface area contributed by atoms with Crippen LogP contribution in [0.2, 0.25) is 0 Å². The summed E-state index contributed by atoms with van der Waals surface area (Å²) < 4.78 is 29.9. The van der Waals surface area contributed by atoms with Gasteiger partial charge in [-0.05, 0) is 12.8 Å². The molecular weight excluding hydrogens is 635 g/mol. The molecule has 0 rings (SSSR count). The number of phosphoric acid groups is 1. The number of rotatable bonds is 39. The van der Waals surface area contributed by atoms with Crippen LogP contribution in [0.1, 0.15) is 194 Å². The maximum absolute atomic E-state index is 12.7. The Morgan fingerprint density at radius 3 is 1.41 bits per heavy atom. The summed E-state index contributed by atoms with van der Waals surface area (Å²) in [6, 6.07) is 0. The average Bonchev–Trinajstić information content (AvgIpc) is 3.04. The third-order valence-corrected chi connectivity index (χ3v) is 10.4. The molecule has 0 aromatic heterocycles. The third-order valence-electron chi connectivity index (χ3n) is 9.28. The SMILES string of the molecule is CCCCCCCCCCCCCCCCOCC(CNC(=O)CCCCCCCCCCCCCCC)OP(=O)(O)OCC[N+](C)(C)C. The first-order chi connectivity index (χ1) is 23.6. The Morgan fingerprint density at radius 2 is 1.00 bits per heavy atom. The maximum Gasteiger partial charge on any atom is 0.472 e. The highest BCUT2D eigenvalue weighted by Crippen LogP contribution is 2.44. The van der Waals surface area contributed by atoms with Crippen LogP contribution in [0.5, 0.6) is 0 Å². The van der Waals surface area contributed by atoms with E-state index in [9.17, 15) is 14.3 Å². The van der Waals surface area contributed by atoms with Crippen molar-refractivity contribution in [3.63, 3.8) is 0 Å². The Balaban J connectivity index is 4.19. The van der Waals surface area contributed by atoms with E-state index in [0.29, 0.717) is 24.1 Å². The van der Waals surface area contributed by atoms with Crippen molar-refractivity contribution in [2.24, 2.45) is 0 Å². The van der Waals surface area contributed by atoms with Crippen LogP contribution in [-0.2, 0) is 23.1 Å². The summed E-state index contributed by atoms with van der Waals surface area (Å²) >= 11 is 0. The smallest absolute Gasteiger partial charge is 0.379 e. The van der Waals surface area contributed by atoms with Gasteiger partial charge in [0.2, 0.25) is 5.91 Å². The Kier molecular flexibility index (Phi) is 34.2. The molecule has 0 aromatic carbocycles. The second-order valence-electron chi connectivity index (χ2n) is 15.5. The summed E-state index contributed by atoms with van der Waals surface area (Å²) in [4.78, 5) is 22.9. The molecule has 2 N–H and O–H groups in total. The molecule has 8 nitrogen and oxygen atoms in total. The van der Waals surface area contributed by atoms with Gasteiger partial charge in [-0.25, -0.2) is 4.57 Å². The summed E-state index contributed by atoms with van der Waals surface area (Å²) in [5, 5.41) is 2.90. The van der Waals surface area contributed by atoms with E-state index >= 15 is 0 Å². The molecule has 0 fully saturated rings. The van der Waals surface area contributed by atoms with Crippen molar-refractivity contribution in [3.05, 3.63) is 0 Å². The number of hydrogen-bond acceptors (Lipinski definition) is 5. The van der Waals surface area contributed by atoms with Crippen molar-refractivity contribution < 1.29 is 32.5 Å². The van der Waals surface area contributed by atoms with E-state index in [2.05, 4.69) is 19.2 Å². The van der Waals surface area contributed by atoms with Gasteiger partial charge in [-0.3, -0.25) is 13.8 Å². The number of carbonyl (C=O) groups is 1. The van der Waals surface area contributed by atoms with Gasteiger partial charge >= 0.3 is 7.82 Å². The van der Waals surface area contributed by atoms with Gasteiger partial charge in [0.05, 0.1) is 27.7 Å². The van der Waals surface area contributed by atoms with E-state index in [1.807, 2.05) is 21.1 Å². The number of unbranched alkanes of at least 4 members (excludes halogenated alkanes) is 25. The summed E-state index contributed by atoms with van der Waals surface area (Å²) in [6.07, 6.45) is 34.4. The average molecular weight is 720 g/mol. The van der Waals surface area contributed by atoms with Crippen LogP contribution < -0.4 is 5.32 Å². The maximum atomic E-state index is 12.7. The van der Waals surface area contributed by atoms with Crippen LogP contribution in [0.15, 0.2) is 0 Å². The molecule has 49 heavy (non-hydrogen) atoms. The molecule has 0 saturated carbocycles. The second-order valence-corrected chi connectivity index (χ2v) is 16.9. The normalized spacial score (nSPS) is 13.8. The number of amides is 1. The Bertz CT molecular complexity index is 764. The number of nitrogens with zero attached hydrogens (tertiary/aromatic N) is 1. The number of hydrogen-bond donors (Lipinski definition) is 2. The van der Waals surface area contributed by atoms with Gasteiger partial charge in [-0.15, -0.1) is 0 Å². The predicted molar refractivity (Wildman–Crippen MR) is 208 cm³/mol. The number of quaternary nitrogens is 1. The van der Waals surface area contributed by atoms with Gasteiger partial charge in [-0.2, -0.15) is 0 Å². The molecule has 0 saturated heterocycles. The highest BCUT2D eigenvalue weighted by Gasteiger charge is 2.28. The van der Waals surface area contributed by atoms with Crippen molar-refractivity contribution in [3.8, 4) is 0 Å². The van der Waals surface area contributed by atoms with Gasteiger partial charge in [-0.1, -0.05) is 174 Å². The molecule has 2 unspecified atom stereocenters. The van der Waals surface area contributed by atoms with Crippen molar-refractivity contribution in [2.45, 2.75) is 200 Å². The van der Waals surface area contributed by atoms with E-state index < -0.39 is 13.9 Å². The molecule has 2 atom stereocenters. The van der Waals surface area contributed by atoms with Crippen molar-refractivity contribution in [1.82, 2.24) is 5.32 Å². The zero-order chi connectivity index (χ0) is 36.3. The highest BCUT2D eigenvalue weighted by molar-refractivity contribution is 7.47. The summed E-state index contributed by atoms with van der Waals surface area (Å²) in [5.41, 5.74) is 0. The zero-order valence-corrected chi connectivity index (χ0v) is 34.2. The molecule has 1 amide bonds. The fourth-order valence-corrected chi connectivity index (χ4v) is 6.89. The molecule has 0 aliphatic heterocycles. The minimum atomic E-state index is -4.28. The molecule has 0 radical (unpaired) electrons. The predicted octanol–water partition coefficient (Wildman–Crippen LogP) is 11.3. The molecule has 0 aliphatic rings. The Morgan fingerprint density at radius 1 is 0.612 bits per heavy atom. The Hall–Kier alpha value is -0.500. The standard InChI is InChI=1S/C40H83N2O6P/c1-6-8-10-12-14-16-18-20-22-24-26-28-30-32-35-46-38-39(48-49(44,45)47-36-34-42(3,4)5)37-41-40(43)33-31-29-27-25-23-21-19-17-15-13-11-9-7-2/h39H,6-38H2,1-5H3,(H-,41,43,44,45)/p+1. The Labute approximate surface area is 304 Å². The van der Waals surface area contributed by atoms with E-state index in [1.54, 1.807) is 0 Å². The molecule has 0 spiro atoms. The fraction of sp³-hybridized carbons (Fsp3) is 0.975. The van der Waals surface area contributed by atoms with Crippen LogP contribution in [0, 0.1) is 0 Å². The monoisotopic (exact) mass is 720 g/mol. The van der Waals surface area contributed by atoms with E-state index in [-0.39, 0.29) is 25.7 Å². The third kappa shape index (κ3) is 38.6. The summed E-state index contributed by atoms with van der Waals surface area (Å²) in [6.45, 7) is 6.05. The van der Waals surface area contributed by atoms with Crippen LogP contribution in [0.4, 0.5) is 0 Å². The molecular formula is C40H84N2O6P+. The number of carbonyl (C=O) groups excluding carboxylic acids is 1. The lowest BCUT2D eigenvalue weighted by molar-refractivity contribution is -0.870. The molecule has 0 aliphatic carbocycles.